The zero-order chi connectivity index (χ0) is 13.3. The van der Waals surface area contributed by atoms with Crippen molar-refractivity contribution in [2.75, 3.05) is 39.9 Å². The van der Waals surface area contributed by atoms with E-state index >= 15 is 0 Å². The van der Waals surface area contributed by atoms with Gasteiger partial charge in [-0.3, -0.25) is 9.88 Å². The quantitative estimate of drug-likeness (QED) is 0.768. The van der Waals surface area contributed by atoms with Gasteiger partial charge >= 0.3 is 0 Å². The molecule has 2 rings (SSSR count). The first-order valence-electron chi connectivity index (χ1n) is 7.23. The second-order valence-corrected chi connectivity index (χ2v) is 5.16. The Balaban J connectivity index is 1.78. The number of hydrogen-bond donors (Lipinski definition) is 1. The van der Waals surface area contributed by atoms with Gasteiger partial charge < -0.3 is 10.1 Å². The summed E-state index contributed by atoms with van der Waals surface area (Å²) < 4.78 is 5.21. The number of nitrogens with one attached hydrogen (secondary N) is 1. The molecule has 4 nitrogen and oxygen atoms in total. The summed E-state index contributed by atoms with van der Waals surface area (Å²) in [5, 5.41) is 3.56. The van der Waals surface area contributed by atoms with Gasteiger partial charge in [0.25, 0.3) is 0 Å². The van der Waals surface area contributed by atoms with Crippen molar-refractivity contribution in [1.82, 2.24) is 15.2 Å². The Hall–Kier alpha value is -0.970. The van der Waals surface area contributed by atoms with E-state index in [0.717, 1.165) is 32.7 Å². The molecular formula is C15H25N3O. The van der Waals surface area contributed by atoms with Crippen molar-refractivity contribution >= 4 is 0 Å². The Morgan fingerprint density at radius 3 is 3.05 bits per heavy atom. The van der Waals surface area contributed by atoms with Crippen molar-refractivity contribution in [3.8, 4) is 0 Å². The summed E-state index contributed by atoms with van der Waals surface area (Å²) in [6, 6.07) is 6.78. The van der Waals surface area contributed by atoms with Gasteiger partial charge in [-0.2, -0.15) is 0 Å². The summed E-state index contributed by atoms with van der Waals surface area (Å²) in [6.07, 6.45) is 5.49. The molecule has 0 amide bonds. The highest BCUT2D eigenvalue weighted by Crippen LogP contribution is 2.07. The molecule has 1 aliphatic rings. The van der Waals surface area contributed by atoms with Crippen LogP contribution >= 0.6 is 0 Å². The van der Waals surface area contributed by atoms with Crippen molar-refractivity contribution in [2.24, 2.45) is 0 Å². The molecule has 1 saturated heterocycles. The average molecular weight is 263 g/mol. The normalized spacial score (nSPS) is 19.2. The van der Waals surface area contributed by atoms with Crippen LogP contribution in [0.2, 0.25) is 0 Å². The van der Waals surface area contributed by atoms with Crippen molar-refractivity contribution in [3.05, 3.63) is 30.1 Å². The number of rotatable bonds is 8. The SMILES string of the molecule is COCCN(CCc1ccccn1)CC1CCCN1. The van der Waals surface area contributed by atoms with Crippen LogP contribution in [0.4, 0.5) is 0 Å². The fourth-order valence-electron chi connectivity index (χ4n) is 2.56. The van der Waals surface area contributed by atoms with E-state index in [2.05, 4.69) is 27.3 Å². The number of aromatic nitrogens is 1. The first kappa shape index (κ1) is 14.4. The maximum Gasteiger partial charge on any atom is 0.0589 e. The maximum atomic E-state index is 5.21. The minimum atomic E-state index is 0.653. The summed E-state index contributed by atoms with van der Waals surface area (Å²) in [5.74, 6) is 0. The highest BCUT2D eigenvalue weighted by atomic mass is 16.5. The van der Waals surface area contributed by atoms with Crippen LogP contribution < -0.4 is 5.32 Å². The van der Waals surface area contributed by atoms with Gasteiger partial charge in [-0.15, -0.1) is 0 Å². The Morgan fingerprint density at radius 2 is 2.37 bits per heavy atom. The van der Waals surface area contributed by atoms with Crippen LogP contribution in [0.15, 0.2) is 24.4 Å². The Bertz CT molecular complexity index is 339. The first-order valence-corrected chi connectivity index (χ1v) is 7.23. The van der Waals surface area contributed by atoms with E-state index in [9.17, 15) is 0 Å². The Labute approximate surface area is 116 Å². The molecule has 0 bridgehead atoms. The van der Waals surface area contributed by atoms with Crippen LogP contribution in [-0.4, -0.2) is 55.8 Å². The maximum absolute atomic E-state index is 5.21. The van der Waals surface area contributed by atoms with Crippen molar-refractivity contribution < 1.29 is 4.74 Å². The number of pyridine rings is 1. The second-order valence-electron chi connectivity index (χ2n) is 5.16. The van der Waals surface area contributed by atoms with Crippen LogP contribution in [0.1, 0.15) is 18.5 Å². The second kappa shape index (κ2) is 8.25. The molecule has 0 aliphatic carbocycles. The molecule has 106 valence electrons. The molecule has 1 aromatic heterocycles. The lowest BCUT2D eigenvalue weighted by Gasteiger charge is -2.25. The third-order valence-electron chi connectivity index (χ3n) is 3.66. The molecular weight excluding hydrogens is 238 g/mol. The minimum Gasteiger partial charge on any atom is -0.383 e. The van der Waals surface area contributed by atoms with E-state index in [4.69, 9.17) is 4.74 Å². The fourth-order valence-corrected chi connectivity index (χ4v) is 2.56. The van der Waals surface area contributed by atoms with E-state index in [1.807, 2.05) is 12.3 Å². The molecule has 0 radical (unpaired) electrons. The molecule has 4 heteroatoms. The Kier molecular flexibility index (Phi) is 6.27. The van der Waals surface area contributed by atoms with Crippen molar-refractivity contribution in [2.45, 2.75) is 25.3 Å². The van der Waals surface area contributed by atoms with Crippen LogP contribution in [0.25, 0.3) is 0 Å². The van der Waals surface area contributed by atoms with Gasteiger partial charge in [0, 0.05) is 51.1 Å². The van der Waals surface area contributed by atoms with Crippen molar-refractivity contribution in [3.63, 3.8) is 0 Å². The zero-order valence-corrected chi connectivity index (χ0v) is 11.8. The molecule has 0 saturated carbocycles. The van der Waals surface area contributed by atoms with Gasteiger partial charge in [-0.25, -0.2) is 0 Å². The van der Waals surface area contributed by atoms with Crippen LogP contribution in [0.5, 0.6) is 0 Å². The van der Waals surface area contributed by atoms with Gasteiger partial charge in [0.2, 0.25) is 0 Å². The summed E-state index contributed by atoms with van der Waals surface area (Å²) in [7, 11) is 1.77. The number of nitrogens with zero attached hydrogens (tertiary/aromatic N) is 2. The molecule has 1 N–H and O–H groups in total. The molecule has 1 unspecified atom stereocenters. The van der Waals surface area contributed by atoms with E-state index in [1.165, 1.54) is 25.1 Å². The number of ether oxygens (including phenoxy) is 1. The lowest BCUT2D eigenvalue weighted by Crippen LogP contribution is -2.40. The minimum absolute atomic E-state index is 0.653. The summed E-state index contributed by atoms with van der Waals surface area (Å²) >= 11 is 0. The average Bonchev–Trinajstić information content (AvgIpc) is 2.96. The molecule has 0 aromatic carbocycles. The number of hydrogen-bond acceptors (Lipinski definition) is 4. The monoisotopic (exact) mass is 263 g/mol. The topological polar surface area (TPSA) is 37.4 Å². The summed E-state index contributed by atoms with van der Waals surface area (Å²) in [4.78, 5) is 6.88. The standard InChI is InChI=1S/C15H25N3O/c1-19-12-11-18(13-15-6-4-9-17-15)10-7-14-5-2-3-8-16-14/h2-3,5,8,15,17H,4,6-7,9-13H2,1H3. The number of methoxy groups -OCH3 is 1. The van der Waals surface area contributed by atoms with E-state index in [1.54, 1.807) is 7.11 Å². The van der Waals surface area contributed by atoms with Crippen molar-refractivity contribution in [1.29, 1.82) is 0 Å². The molecule has 19 heavy (non-hydrogen) atoms. The lowest BCUT2D eigenvalue weighted by molar-refractivity contribution is 0.142. The highest BCUT2D eigenvalue weighted by Gasteiger charge is 2.17. The molecule has 1 atom stereocenters. The third-order valence-corrected chi connectivity index (χ3v) is 3.66. The van der Waals surface area contributed by atoms with Crippen LogP contribution in [-0.2, 0) is 11.2 Å². The van der Waals surface area contributed by atoms with Gasteiger partial charge in [-0.05, 0) is 31.5 Å². The van der Waals surface area contributed by atoms with Crippen LogP contribution in [0, 0.1) is 0 Å². The van der Waals surface area contributed by atoms with E-state index in [0.29, 0.717) is 6.04 Å². The predicted molar refractivity (Wildman–Crippen MR) is 77.3 cm³/mol. The lowest BCUT2D eigenvalue weighted by atomic mass is 10.2. The highest BCUT2D eigenvalue weighted by molar-refractivity contribution is 5.03. The van der Waals surface area contributed by atoms with Crippen LogP contribution in [0.3, 0.4) is 0 Å². The first-order chi connectivity index (χ1) is 9.38. The predicted octanol–water partition coefficient (Wildman–Crippen LogP) is 1.32. The zero-order valence-electron chi connectivity index (χ0n) is 11.8. The smallest absolute Gasteiger partial charge is 0.0589 e. The molecule has 1 aromatic rings. The van der Waals surface area contributed by atoms with Gasteiger partial charge in [0.05, 0.1) is 6.61 Å². The van der Waals surface area contributed by atoms with E-state index in [-0.39, 0.29) is 0 Å². The Morgan fingerprint density at radius 1 is 1.42 bits per heavy atom. The largest absolute Gasteiger partial charge is 0.383 e. The van der Waals surface area contributed by atoms with E-state index < -0.39 is 0 Å². The molecule has 1 fully saturated rings. The molecule has 0 spiro atoms. The van der Waals surface area contributed by atoms with Gasteiger partial charge in [0.1, 0.15) is 0 Å². The molecule has 1 aliphatic heterocycles. The van der Waals surface area contributed by atoms with Gasteiger partial charge in [-0.1, -0.05) is 6.07 Å². The van der Waals surface area contributed by atoms with Gasteiger partial charge in [0.15, 0.2) is 0 Å². The summed E-state index contributed by atoms with van der Waals surface area (Å²) in [5.41, 5.74) is 1.17. The third kappa shape index (κ3) is 5.27. The fraction of sp³-hybridized carbons (Fsp3) is 0.667. The molecule has 2 heterocycles. The summed E-state index contributed by atoms with van der Waals surface area (Å²) in [6.45, 7) is 5.15.